The molecule has 1 N–H and O–H groups in total. The summed E-state index contributed by atoms with van der Waals surface area (Å²) in [5.74, 6) is 0.728. The zero-order valence-corrected chi connectivity index (χ0v) is 20.3. The maximum absolute atomic E-state index is 13.8. The number of allylic oxidation sites excluding steroid dienone is 2. The third-order valence-corrected chi connectivity index (χ3v) is 6.54. The molecule has 1 aromatic carbocycles. The predicted octanol–water partition coefficient (Wildman–Crippen LogP) is 3.61. The molecule has 0 radical (unpaired) electrons. The lowest BCUT2D eigenvalue weighted by Gasteiger charge is -2.24. The molecule has 0 unspecified atom stereocenters. The van der Waals surface area contributed by atoms with Crippen molar-refractivity contribution in [2.75, 3.05) is 31.1 Å². The fourth-order valence-electron chi connectivity index (χ4n) is 4.72. The maximum atomic E-state index is 13.8. The van der Waals surface area contributed by atoms with Crippen LogP contribution in [0.3, 0.4) is 0 Å². The molecule has 0 bridgehead atoms. The van der Waals surface area contributed by atoms with E-state index in [1.807, 2.05) is 41.0 Å². The highest BCUT2D eigenvalue weighted by Crippen LogP contribution is 2.30. The molecule has 0 aliphatic carbocycles. The minimum Gasteiger partial charge on any atom is -0.355 e. The number of rotatable bonds is 5. The molecule has 1 aliphatic rings. The summed E-state index contributed by atoms with van der Waals surface area (Å²) in [4.78, 5) is 25.2. The Bertz CT molecular complexity index is 1510. The van der Waals surface area contributed by atoms with Crippen molar-refractivity contribution in [2.24, 2.45) is 0 Å². The van der Waals surface area contributed by atoms with Crippen molar-refractivity contribution in [3.63, 3.8) is 0 Å². The van der Waals surface area contributed by atoms with Gasteiger partial charge in [-0.2, -0.15) is 5.26 Å². The Hall–Kier alpha value is -3.67. The average molecular weight is 488 g/mol. The van der Waals surface area contributed by atoms with Gasteiger partial charge in [0.05, 0.1) is 18.6 Å². The second-order valence-corrected chi connectivity index (χ2v) is 9.25. The number of nitriles is 1. The molecule has 1 saturated heterocycles. The molecule has 9 heteroatoms. The fraction of sp³-hybridized carbons (Fsp3) is 0.308. The van der Waals surface area contributed by atoms with Gasteiger partial charge in [0.1, 0.15) is 28.5 Å². The van der Waals surface area contributed by atoms with E-state index in [0.29, 0.717) is 28.2 Å². The Balaban J connectivity index is 1.69. The van der Waals surface area contributed by atoms with Crippen molar-refractivity contribution < 1.29 is 0 Å². The minimum atomic E-state index is -0.207. The fourth-order valence-corrected chi connectivity index (χ4v) is 4.79. The number of hydrogen-bond donors (Lipinski definition) is 1. The van der Waals surface area contributed by atoms with Crippen LogP contribution in [0.1, 0.15) is 24.6 Å². The molecule has 0 atom stereocenters. The van der Waals surface area contributed by atoms with Gasteiger partial charge in [-0.05, 0) is 31.3 Å². The van der Waals surface area contributed by atoms with Crippen LogP contribution in [0.4, 0.5) is 5.82 Å². The van der Waals surface area contributed by atoms with Gasteiger partial charge in [0, 0.05) is 42.8 Å². The molecule has 1 fully saturated rings. The number of hydrogen-bond acceptors (Lipinski definition) is 6. The molecule has 0 spiro atoms. The first-order valence-corrected chi connectivity index (χ1v) is 12.1. The third kappa shape index (κ3) is 4.41. The van der Waals surface area contributed by atoms with Gasteiger partial charge in [0.15, 0.2) is 0 Å². The molecule has 178 valence electrons. The molecule has 1 aliphatic heterocycles. The van der Waals surface area contributed by atoms with Crippen LogP contribution in [-0.4, -0.2) is 45.3 Å². The van der Waals surface area contributed by atoms with E-state index in [-0.39, 0.29) is 12.1 Å². The Morgan fingerprint density at radius 1 is 1.23 bits per heavy atom. The number of nitrogens with zero attached hydrogens (tertiary/aromatic N) is 6. The first-order chi connectivity index (χ1) is 17.1. The largest absolute Gasteiger partial charge is 0.355 e. The molecule has 8 nitrogen and oxygen atoms in total. The van der Waals surface area contributed by atoms with E-state index in [4.69, 9.17) is 11.6 Å². The zero-order valence-electron chi connectivity index (χ0n) is 19.5. The highest BCUT2D eigenvalue weighted by molar-refractivity contribution is 6.29. The lowest BCUT2D eigenvalue weighted by molar-refractivity contribution is 0.716. The first kappa shape index (κ1) is 23.1. The van der Waals surface area contributed by atoms with Gasteiger partial charge in [0.2, 0.25) is 0 Å². The summed E-state index contributed by atoms with van der Waals surface area (Å²) in [5.41, 5.74) is 1.84. The van der Waals surface area contributed by atoms with Crippen LogP contribution < -0.4 is 15.8 Å². The summed E-state index contributed by atoms with van der Waals surface area (Å²) in [6.07, 6.45) is 6.08. The summed E-state index contributed by atoms with van der Waals surface area (Å²) in [5, 5.41) is 16.2. The van der Waals surface area contributed by atoms with E-state index in [1.165, 1.54) is 6.33 Å². The lowest BCUT2D eigenvalue weighted by Crippen LogP contribution is -2.31. The number of benzene rings is 1. The number of nitrogens with one attached hydrogen (secondary N) is 1. The standard InChI is InChI=1S/C26H26ClN7O/c1-18(27)8-13-34-24-23(21(15-28)25(34)32-12-4-9-29-11-14-32)31-17-33(26(24)35)16-22-20-6-3-2-5-19(20)7-10-30-22/h2-3,5-8,10,17,29H,4,9,11-14,16H2,1H3/b18-8+. The second-order valence-electron chi connectivity index (χ2n) is 8.66. The normalized spacial score (nSPS) is 14.9. The van der Waals surface area contributed by atoms with Crippen molar-refractivity contribution >= 4 is 39.2 Å². The second kappa shape index (κ2) is 9.90. The lowest BCUT2D eigenvalue weighted by atomic mass is 10.1. The molecule has 4 heterocycles. The highest BCUT2D eigenvalue weighted by atomic mass is 35.5. The third-order valence-electron chi connectivity index (χ3n) is 6.38. The van der Waals surface area contributed by atoms with Gasteiger partial charge in [-0.1, -0.05) is 41.9 Å². The summed E-state index contributed by atoms with van der Waals surface area (Å²) in [7, 11) is 0. The molecule has 0 saturated carbocycles. The van der Waals surface area contributed by atoms with Crippen molar-refractivity contribution in [1.82, 2.24) is 24.4 Å². The molecule has 35 heavy (non-hydrogen) atoms. The Kier molecular flexibility index (Phi) is 6.53. The van der Waals surface area contributed by atoms with E-state index in [0.717, 1.165) is 54.9 Å². The topological polar surface area (TPSA) is 91.8 Å². The van der Waals surface area contributed by atoms with Crippen LogP contribution in [0.15, 0.2) is 58.8 Å². The van der Waals surface area contributed by atoms with Gasteiger partial charge >= 0.3 is 0 Å². The van der Waals surface area contributed by atoms with Gasteiger partial charge in [-0.3, -0.25) is 14.3 Å². The Morgan fingerprint density at radius 3 is 2.91 bits per heavy atom. The summed E-state index contributed by atoms with van der Waals surface area (Å²) in [6, 6.07) is 12.3. The molecule has 0 amide bonds. The van der Waals surface area contributed by atoms with Crippen LogP contribution in [0.2, 0.25) is 0 Å². The van der Waals surface area contributed by atoms with E-state index in [2.05, 4.69) is 26.3 Å². The van der Waals surface area contributed by atoms with Crippen LogP contribution >= 0.6 is 11.6 Å². The van der Waals surface area contributed by atoms with Gasteiger partial charge in [0.25, 0.3) is 5.56 Å². The van der Waals surface area contributed by atoms with Crippen molar-refractivity contribution in [3.05, 3.63) is 75.6 Å². The zero-order chi connectivity index (χ0) is 24.4. The van der Waals surface area contributed by atoms with Crippen LogP contribution in [0, 0.1) is 11.3 Å². The van der Waals surface area contributed by atoms with E-state index in [9.17, 15) is 10.1 Å². The molecule has 3 aromatic heterocycles. The predicted molar refractivity (Wildman–Crippen MR) is 139 cm³/mol. The number of anilines is 1. The Labute approximate surface area is 208 Å². The monoisotopic (exact) mass is 487 g/mol. The van der Waals surface area contributed by atoms with Crippen LogP contribution in [-0.2, 0) is 13.1 Å². The van der Waals surface area contributed by atoms with Crippen molar-refractivity contribution in [1.29, 1.82) is 5.26 Å². The smallest absolute Gasteiger partial charge is 0.278 e. The number of pyridine rings is 1. The number of fused-ring (bicyclic) bond motifs is 2. The maximum Gasteiger partial charge on any atom is 0.278 e. The summed E-state index contributed by atoms with van der Waals surface area (Å²) in [6.45, 7) is 5.71. The number of aromatic nitrogens is 4. The average Bonchev–Trinajstić information content (AvgIpc) is 2.98. The molecular formula is C26H26ClN7O. The number of halogens is 1. The van der Waals surface area contributed by atoms with Crippen molar-refractivity contribution in [3.8, 4) is 6.07 Å². The van der Waals surface area contributed by atoms with Crippen molar-refractivity contribution in [2.45, 2.75) is 26.4 Å². The minimum absolute atomic E-state index is 0.207. The molecule has 4 aromatic rings. The van der Waals surface area contributed by atoms with E-state index in [1.54, 1.807) is 17.7 Å². The SMILES string of the molecule is C/C(Cl)=C\Cn1c(N2CCCNCC2)c(C#N)c2ncn(Cc3nccc4ccccc34)c(=O)c21. The van der Waals surface area contributed by atoms with Gasteiger partial charge < -0.3 is 14.8 Å². The molecular weight excluding hydrogens is 462 g/mol. The first-order valence-electron chi connectivity index (χ1n) is 11.7. The van der Waals surface area contributed by atoms with Crippen LogP contribution in [0.5, 0.6) is 0 Å². The van der Waals surface area contributed by atoms with E-state index >= 15 is 0 Å². The van der Waals surface area contributed by atoms with Gasteiger partial charge in [-0.25, -0.2) is 4.98 Å². The molecule has 5 rings (SSSR count). The highest BCUT2D eigenvalue weighted by Gasteiger charge is 2.26. The summed E-state index contributed by atoms with van der Waals surface area (Å²) >= 11 is 6.17. The quantitative estimate of drug-likeness (QED) is 0.462. The summed E-state index contributed by atoms with van der Waals surface area (Å²) < 4.78 is 3.47. The Morgan fingerprint density at radius 2 is 2.09 bits per heavy atom. The van der Waals surface area contributed by atoms with Crippen LogP contribution in [0.25, 0.3) is 21.8 Å². The van der Waals surface area contributed by atoms with E-state index < -0.39 is 0 Å². The van der Waals surface area contributed by atoms with Gasteiger partial charge in [-0.15, -0.1) is 0 Å².